The molecular weight excluding hydrogens is 180 g/mol. The minimum atomic E-state index is -0.127. The van der Waals surface area contributed by atoms with Gasteiger partial charge in [-0.05, 0) is 25.7 Å². The topological polar surface area (TPSA) is 58.2 Å². The summed E-state index contributed by atoms with van der Waals surface area (Å²) in [4.78, 5) is 21.9. The number of carbonyl (C=O) groups is 2. The first-order chi connectivity index (χ1) is 6.81. The Hall–Kier alpha value is -1.32. The Bertz CT molecular complexity index is 296. The van der Waals surface area contributed by atoms with Gasteiger partial charge in [-0.15, -0.1) is 0 Å². The molecule has 2 N–H and O–H groups in total. The van der Waals surface area contributed by atoms with E-state index < -0.39 is 0 Å². The summed E-state index contributed by atoms with van der Waals surface area (Å²) in [6, 6.07) is -0.127. The number of allylic oxidation sites excluding steroid dienone is 2. The number of carbonyl (C=O) groups excluding carboxylic acids is 2. The van der Waals surface area contributed by atoms with Gasteiger partial charge in [-0.25, -0.2) is 0 Å². The van der Waals surface area contributed by atoms with Crippen molar-refractivity contribution in [1.29, 1.82) is 0 Å². The molecule has 0 radical (unpaired) electrons. The van der Waals surface area contributed by atoms with E-state index in [4.69, 9.17) is 0 Å². The highest BCUT2D eigenvalue weighted by molar-refractivity contribution is 5.84. The molecule has 1 heterocycles. The Labute approximate surface area is 82.7 Å². The monoisotopic (exact) mass is 194 g/mol. The number of amides is 1. The Balaban J connectivity index is 2.02. The molecule has 2 rings (SSSR count). The standard InChI is InChI=1S/C10H14N2O2/c13-6-7-2-1-3-8(7)12-9-4-5-11-10(9)14/h6,9,12H,1-5H2,(H,11,14). The molecule has 76 valence electrons. The number of hydrogen-bond donors (Lipinski definition) is 2. The molecule has 0 aromatic heterocycles. The van der Waals surface area contributed by atoms with Gasteiger partial charge in [-0.1, -0.05) is 0 Å². The summed E-state index contributed by atoms with van der Waals surface area (Å²) in [5.41, 5.74) is 1.81. The predicted molar refractivity (Wildman–Crippen MR) is 51.5 cm³/mol. The van der Waals surface area contributed by atoms with Crippen molar-refractivity contribution in [3.05, 3.63) is 11.3 Å². The fourth-order valence-electron chi connectivity index (χ4n) is 2.00. The molecular formula is C10H14N2O2. The predicted octanol–water partition coefficient (Wildman–Crippen LogP) is 0.101. The zero-order valence-electron chi connectivity index (χ0n) is 8.01. The van der Waals surface area contributed by atoms with Crippen LogP contribution in [0.25, 0.3) is 0 Å². The van der Waals surface area contributed by atoms with Crippen LogP contribution in [0.2, 0.25) is 0 Å². The van der Waals surface area contributed by atoms with Crippen LogP contribution in [-0.2, 0) is 9.59 Å². The van der Waals surface area contributed by atoms with Crippen LogP contribution in [0.5, 0.6) is 0 Å². The Morgan fingerprint density at radius 3 is 2.93 bits per heavy atom. The molecule has 4 nitrogen and oxygen atoms in total. The maximum atomic E-state index is 11.3. The van der Waals surface area contributed by atoms with Crippen LogP contribution in [0, 0.1) is 0 Å². The number of aldehydes is 1. The molecule has 0 saturated carbocycles. The van der Waals surface area contributed by atoms with Crippen molar-refractivity contribution >= 4 is 12.2 Å². The first kappa shape index (κ1) is 9.24. The first-order valence-corrected chi connectivity index (χ1v) is 5.02. The molecule has 1 amide bonds. The van der Waals surface area contributed by atoms with Gasteiger partial charge in [0.15, 0.2) is 0 Å². The molecule has 0 aromatic rings. The highest BCUT2D eigenvalue weighted by Crippen LogP contribution is 2.23. The van der Waals surface area contributed by atoms with Crippen molar-refractivity contribution < 1.29 is 9.59 Å². The van der Waals surface area contributed by atoms with E-state index in [-0.39, 0.29) is 11.9 Å². The molecule has 14 heavy (non-hydrogen) atoms. The van der Waals surface area contributed by atoms with Crippen LogP contribution in [0.3, 0.4) is 0 Å². The Morgan fingerprint density at radius 2 is 2.29 bits per heavy atom. The second-order valence-corrected chi connectivity index (χ2v) is 3.75. The van der Waals surface area contributed by atoms with Crippen LogP contribution < -0.4 is 10.6 Å². The lowest BCUT2D eigenvalue weighted by molar-refractivity contribution is -0.120. The van der Waals surface area contributed by atoms with Gasteiger partial charge < -0.3 is 10.6 Å². The fourth-order valence-corrected chi connectivity index (χ4v) is 2.00. The smallest absolute Gasteiger partial charge is 0.242 e. The van der Waals surface area contributed by atoms with Gasteiger partial charge in [0.2, 0.25) is 5.91 Å². The largest absolute Gasteiger partial charge is 0.377 e. The van der Waals surface area contributed by atoms with Crippen molar-refractivity contribution in [1.82, 2.24) is 10.6 Å². The molecule has 1 saturated heterocycles. The van der Waals surface area contributed by atoms with Gasteiger partial charge in [0, 0.05) is 17.8 Å². The zero-order chi connectivity index (χ0) is 9.97. The van der Waals surface area contributed by atoms with Crippen molar-refractivity contribution in [3.8, 4) is 0 Å². The summed E-state index contributed by atoms with van der Waals surface area (Å²) < 4.78 is 0. The number of rotatable bonds is 3. The van der Waals surface area contributed by atoms with Crippen LogP contribution >= 0.6 is 0 Å². The molecule has 4 heteroatoms. The van der Waals surface area contributed by atoms with Crippen molar-refractivity contribution in [2.75, 3.05) is 6.54 Å². The average molecular weight is 194 g/mol. The number of nitrogens with one attached hydrogen (secondary N) is 2. The molecule has 1 aliphatic carbocycles. The van der Waals surface area contributed by atoms with Gasteiger partial charge in [0.1, 0.15) is 12.3 Å². The fraction of sp³-hybridized carbons (Fsp3) is 0.600. The highest BCUT2D eigenvalue weighted by Gasteiger charge is 2.26. The summed E-state index contributed by atoms with van der Waals surface area (Å²) in [5.74, 6) is 0.0506. The normalized spacial score (nSPS) is 26.6. The molecule has 1 unspecified atom stereocenters. The van der Waals surface area contributed by atoms with Gasteiger partial charge in [0.05, 0.1) is 0 Å². The maximum absolute atomic E-state index is 11.3. The molecule has 1 atom stereocenters. The molecule has 0 spiro atoms. The molecule has 2 aliphatic rings. The zero-order valence-corrected chi connectivity index (χ0v) is 8.01. The van der Waals surface area contributed by atoms with Crippen molar-refractivity contribution in [2.45, 2.75) is 31.7 Å². The number of hydrogen-bond acceptors (Lipinski definition) is 3. The van der Waals surface area contributed by atoms with E-state index in [1.807, 2.05) is 0 Å². The second-order valence-electron chi connectivity index (χ2n) is 3.75. The van der Waals surface area contributed by atoms with E-state index in [1.165, 1.54) is 0 Å². The highest BCUT2D eigenvalue weighted by atomic mass is 16.2. The Morgan fingerprint density at radius 1 is 1.43 bits per heavy atom. The third-order valence-corrected chi connectivity index (χ3v) is 2.80. The van der Waals surface area contributed by atoms with E-state index in [1.54, 1.807) is 0 Å². The summed E-state index contributed by atoms with van der Waals surface area (Å²) in [5, 5.41) is 5.93. The second kappa shape index (κ2) is 3.82. The third-order valence-electron chi connectivity index (χ3n) is 2.80. The lowest BCUT2D eigenvalue weighted by Crippen LogP contribution is -2.35. The maximum Gasteiger partial charge on any atom is 0.242 e. The lowest BCUT2D eigenvalue weighted by atomic mass is 10.2. The summed E-state index contributed by atoms with van der Waals surface area (Å²) in [7, 11) is 0. The van der Waals surface area contributed by atoms with E-state index >= 15 is 0 Å². The van der Waals surface area contributed by atoms with Crippen molar-refractivity contribution in [2.24, 2.45) is 0 Å². The van der Waals surface area contributed by atoms with E-state index in [2.05, 4.69) is 10.6 Å². The summed E-state index contributed by atoms with van der Waals surface area (Å²) >= 11 is 0. The van der Waals surface area contributed by atoms with Crippen LogP contribution in [-0.4, -0.2) is 24.8 Å². The van der Waals surface area contributed by atoms with Crippen LogP contribution in [0.15, 0.2) is 11.3 Å². The molecule has 1 fully saturated rings. The summed E-state index contributed by atoms with van der Waals surface area (Å²) in [6.45, 7) is 0.736. The molecule has 0 bridgehead atoms. The van der Waals surface area contributed by atoms with E-state index in [0.717, 1.165) is 49.8 Å². The van der Waals surface area contributed by atoms with Gasteiger partial charge >= 0.3 is 0 Å². The third kappa shape index (κ3) is 1.64. The van der Waals surface area contributed by atoms with E-state index in [9.17, 15) is 9.59 Å². The SMILES string of the molecule is O=CC1=C(NC2CCNC2=O)CCC1. The van der Waals surface area contributed by atoms with Crippen molar-refractivity contribution in [3.63, 3.8) is 0 Å². The lowest BCUT2D eigenvalue weighted by Gasteiger charge is -2.12. The Kier molecular flexibility index (Phi) is 2.52. The molecule has 1 aliphatic heterocycles. The summed E-state index contributed by atoms with van der Waals surface area (Å²) in [6.07, 6.45) is 4.49. The quantitative estimate of drug-likeness (QED) is 0.626. The first-order valence-electron chi connectivity index (χ1n) is 5.02. The molecule has 0 aromatic carbocycles. The van der Waals surface area contributed by atoms with Gasteiger partial charge in [-0.3, -0.25) is 9.59 Å². The van der Waals surface area contributed by atoms with Crippen LogP contribution in [0.4, 0.5) is 0 Å². The minimum Gasteiger partial charge on any atom is -0.377 e. The van der Waals surface area contributed by atoms with E-state index in [0.29, 0.717) is 0 Å². The van der Waals surface area contributed by atoms with Gasteiger partial charge in [-0.2, -0.15) is 0 Å². The average Bonchev–Trinajstić information content (AvgIpc) is 2.77. The van der Waals surface area contributed by atoms with Gasteiger partial charge in [0.25, 0.3) is 0 Å². The minimum absolute atomic E-state index is 0.0506. The van der Waals surface area contributed by atoms with Crippen LogP contribution in [0.1, 0.15) is 25.7 Å².